The predicted molar refractivity (Wildman–Crippen MR) is 136 cm³/mol. The number of para-hydroxylation sites is 1. The molecule has 0 spiro atoms. The van der Waals surface area contributed by atoms with Crippen LogP contribution in [0, 0.1) is 0 Å². The van der Waals surface area contributed by atoms with Gasteiger partial charge in [-0.25, -0.2) is 0 Å². The maximum Gasteiger partial charge on any atom is 0.261 e. The van der Waals surface area contributed by atoms with E-state index in [-0.39, 0.29) is 25.0 Å². The number of nitrogens with zero attached hydrogens (tertiary/aromatic N) is 1. The summed E-state index contributed by atoms with van der Waals surface area (Å²) in [6, 6.07) is 25.4. The van der Waals surface area contributed by atoms with E-state index in [0.29, 0.717) is 17.2 Å². The van der Waals surface area contributed by atoms with Crippen LogP contribution in [0.3, 0.4) is 0 Å². The molecule has 1 unspecified atom stereocenters. The number of hydrogen-bond acceptors (Lipinski definition) is 3. The summed E-state index contributed by atoms with van der Waals surface area (Å²) in [7, 11) is 0. The van der Waals surface area contributed by atoms with E-state index in [1.54, 1.807) is 23.1 Å². The number of rotatable bonds is 9. The van der Waals surface area contributed by atoms with Crippen molar-refractivity contribution in [1.82, 2.24) is 10.2 Å². The molecule has 0 aromatic heterocycles. The monoisotopic (exact) mass is 478 g/mol. The Bertz CT molecular complexity index is 1080. The van der Waals surface area contributed by atoms with E-state index in [1.165, 1.54) is 0 Å². The maximum atomic E-state index is 13.5. The Labute approximate surface area is 206 Å². The highest BCUT2D eigenvalue weighted by atomic mass is 35.5. The van der Waals surface area contributed by atoms with Crippen molar-refractivity contribution in [3.05, 3.63) is 101 Å². The molecule has 0 fully saturated rings. The predicted octanol–water partition coefficient (Wildman–Crippen LogP) is 5.27. The van der Waals surface area contributed by atoms with Crippen molar-refractivity contribution in [2.75, 3.05) is 6.61 Å². The first-order valence-corrected chi connectivity index (χ1v) is 11.7. The molecule has 0 aliphatic rings. The molecule has 0 saturated heterocycles. The third-order valence-corrected chi connectivity index (χ3v) is 5.54. The van der Waals surface area contributed by atoms with Gasteiger partial charge >= 0.3 is 0 Å². The molecule has 0 saturated carbocycles. The first-order chi connectivity index (χ1) is 16.2. The summed E-state index contributed by atoms with van der Waals surface area (Å²) in [5.74, 6) is 0.0672. The zero-order chi connectivity index (χ0) is 24.6. The summed E-state index contributed by atoms with van der Waals surface area (Å²) in [5.41, 5.74) is 1.27. The van der Waals surface area contributed by atoms with Gasteiger partial charge in [0, 0.05) is 23.5 Å². The molecule has 5 nitrogen and oxygen atoms in total. The average molecular weight is 479 g/mol. The van der Waals surface area contributed by atoms with Gasteiger partial charge in [0.2, 0.25) is 5.91 Å². The van der Waals surface area contributed by atoms with Crippen molar-refractivity contribution >= 4 is 23.4 Å². The van der Waals surface area contributed by atoms with Crippen molar-refractivity contribution in [2.45, 2.75) is 45.3 Å². The highest BCUT2D eigenvalue weighted by Crippen LogP contribution is 2.21. The maximum absolute atomic E-state index is 13.5. The first-order valence-electron chi connectivity index (χ1n) is 11.3. The van der Waals surface area contributed by atoms with E-state index in [2.05, 4.69) is 5.32 Å². The molecule has 0 radical (unpaired) electrons. The van der Waals surface area contributed by atoms with Gasteiger partial charge in [-0.2, -0.15) is 0 Å². The van der Waals surface area contributed by atoms with Crippen LogP contribution in [0.15, 0.2) is 84.9 Å². The third-order valence-electron chi connectivity index (χ3n) is 5.17. The van der Waals surface area contributed by atoms with Crippen LogP contribution in [0.2, 0.25) is 5.02 Å². The van der Waals surface area contributed by atoms with Crippen molar-refractivity contribution in [2.24, 2.45) is 0 Å². The number of benzene rings is 3. The molecule has 3 aromatic rings. The zero-order valence-corrected chi connectivity index (χ0v) is 20.6. The number of carbonyl (C=O) groups excluding carboxylic acids is 2. The lowest BCUT2D eigenvalue weighted by atomic mass is 10.0. The quantitative estimate of drug-likeness (QED) is 0.455. The molecule has 178 valence electrons. The van der Waals surface area contributed by atoms with Crippen molar-refractivity contribution in [3.63, 3.8) is 0 Å². The van der Waals surface area contributed by atoms with Crippen molar-refractivity contribution in [3.8, 4) is 5.75 Å². The lowest BCUT2D eigenvalue weighted by Crippen LogP contribution is -2.55. The minimum absolute atomic E-state index is 0.186. The van der Waals surface area contributed by atoms with Crippen LogP contribution in [0.5, 0.6) is 5.75 Å². The Morgan fingerprint density at radius 3 is 2.12 bits per heavy atom. The fourth-order valence-corrected chi connectivity index (χ4v) is 3.76. The van der Waals surface area contributed by atoms with E-state index in [0.717, 1.165) is 11.1 Å². The van der Waals surface area contributed by atoms with Crippen LogP contribution >= 0.6 is 11.6 Å². The summed E-state index contributed by atoms with van der Waals surface area (Å²) in [6.07, 6.45) is 0.365. The Balaban J connectivity index is 1.94. The van der Waals surface area contributed by atoms with E-state index < -0.39 is 11.6 Å². The van der Waals surface area contributed by atoms with Gasteiger partial charge in [-0.15, -0.1) is 0 Å². The van der Waals surface area contributed by atoms with Gasteiger partial charge in [-0.1, -0.05) is 78.3 Å². The Morgan fingerprint density at radius 1 is 0.912 bits per heavy atom. The van der Waals surface area contributed by atoms with Gasteiger partial charge in [0.05, 0.1) is 0 Å². The molecule has 34 heavy (non-hydrogen) atoms. The van der Waals surface area contributed by atoms with Crippen LogP contribution in [0.1, 0.15) is 31.9 Å². The average Bonchev–Trinajstić information content (AvgIpc) is 2.81. The highest BCUT2D eigenvalue weighted by molar-refractivity contribution is 6.31. The van der Waals surface area contributed by atoms with E-state index in [9.17, 15) is 9.59 Å². The number of amides is 2. The van der Waals surface area contributed by atoms with Gasteiger partial charge in [0.1, 0.15) is 11.8 Å². The fraction of sp³-hybridized carbons (Fsp3) is 0.286. The van der Waals surface area contributed by atoms with Gasteiger partial charge in [-0.05, 0) is 50.1 Å². The number of halogens is 1. The summed E-state index contributed by atoms with van der Waals surface area (Å²) < 4.78 is 5.74. The summed E-state index contributed by atoms with van der Waals surface area (Å²) in [5, 5.41) is 3.58. The lowest BCUT2D eigenvalue weighted by Gasteiger charge is -2.34. The molecule has 0 aliphatic carbocycles. The zero-order valence-electron chi connectivity index (χ0n) is 19.8. The number of carbonyl (C=O) groups is 2. The van der Waals surface area contributed by atoms with E-state index in [1.807, 2.05) is 87.5 Å². The summed E-state index contributed by atoms with van der Waals surface area (Å²) in [6.45, 7) is 5.75. The fourth-order valence-electron chi connectivity index (χ4n) is 3.56. The van der Waals surface area contributed by atoms with Crippen LogP contribution in [-0.4, -0.2) is 34.9 Å². The van der Waals surface area contributed by atoms with Crippen LogP contribution in [-0.2, 0) is 22.6 Å². The molecule has 1 atom stereocenters. The number of nitrogens with one attached hydrogen (secondary N) is 1. The molecule has 6 heteroatoms. The SMILES string of the molecule is CC(C)(C)NC(=O)C(Cc1ccccc1)N(Cc1ccccc1Cl)C(=O)COc1ccccc1. The Kier molecular flexibility index (Phi) is 8.72. The number of ether oxygens (including phenoxy) is 1. The summed E-state index contributed by atoms with van der Waals surface area (Å²) in [4.78, 5) is 28.6. The second-order valence-corrected chi connectivity index (χ2v) is 9.57. The molecule has 0 bridgehead atoms. The van der Waals surface area contributed by atoms with Crippen molar-refractivity contribution < 1.29 is 14.3 Å². The normalized spacial score (nSPS) is 12.0. The van der Waals surface area contributed by atoms with Gasteiger partial charge in [0.25, 0.3) is 5.91 Å². The summed E-state index contributed by atoms with van der Waals surface area (Å²) >= 11 is 6.43. The van der Waals surface area contributed by atoms with Crippen molar-refractivity contribution in [1.29, 1.82) is 0 Å². The van der Waals surface area contributed by atoms with Gasteiger partial charge < -0.3 is 15.0 Å². The van der Waals surface area contributed by atoms with Crippen LogP contribution < -0.4 is 10.1 Å². The number of hydrogen-bond donors (Lipinski definition) is 1. The van der Waals surface area contributed by atoms with E-state index in [4.69, 9.17) is 16.3 Å². The van der Waals surface area contributed by atoms with Crippen LogP contribution in [0.4, 0.5) is 0 Å². The lowest BCUT2D eigenvalue weighted by molar-refractivity contribution is -0.143. The van der Waals surface area contributed by atoms with Gasteiger partial charge in [-0.3, -0.25) is 9.59 Å². The van der Waals surface area contributed by atoms with E-state index >= 15 is 0 Å². The van der Waals surface area contributed by atoms with Crippen LogP contribution in [0.25, 0.3) is 0 Å². The first kappa shape index (κ1) is 25.3. The molecule has 0 heterocycles. The molecule has 1 N–H and O–H groups in total. The third kappa shape index (κ3) is 7.63. The minimum Gasteiger partial charge on any atom is -0.484 e. The Morgan fingerprint density at radius 2 is 1.50 bits per heavy atom. The molecule has 3 rings (SSSR count). The standard InChI is InChI=1S/C28H31ClN2O3/c1-28(2,3)30-27(33)25(18-21-12-6-4-7-13-21)31(19-22-14-10-11-17-24(22)29)26(32)20-34-23-15-8-5-9-16-23/h4-17,25H,18-20H2,1-3H3,(H,30,33). The minimum atomic E-state index is -0.746. The molecule has 3 aromatic carbocycles. The van der Waals surface area contributed by atoms with Gasteiger partial charge in [0.15, 0.2) is 6.61 Å². The largest absolute Gasteiger partial charge is 0.484 e. The molecular weight excluding hydrogens is 448 g/mol. The Hall–Kier alpha value is -3.31. The topological polar surface area (TPSA) is 58.6 Å². The molecule has 0 aliphatic heterocycles. The smallest absolute Gasteiger partial charge is 0.261 e. The molecular formula is C28H31ClN2O3. The second-order valence-electron chi connectivity index (χ2n) is 9.16. The second kappa shape index (κ2) is 11.7. The molecule has 2 amide bonds. The highest BCUT2D eigenvalue weighted by Gasteiger charge is 2.32.